The van der Waals surface area contributed by atoms with E-state index in [-0.39, 0.29) is 5.25 Å². The van der Waals surface area contributed by atoms with Gasteiger partial charge in [0, 0.05) is 10.8 Å². The third-order valence-corrected chi connectivity index (χ3v) is 2.42. The first-order valence-electron chi connectivity index (χ1n) is 3.64. The highest BCUT2D eigenvalue weighted by Crippen LogP contribution is 2.31. The van der Waals surface area contributed by atoms with E-state index in [1.54, 1.807) is 0 Å². The molecule has 0 aliphatic carbocycles. The highest BCUT2D eigenvalue weighted by Gasteiger charge is 2.16. The number of hydrogen-bond acceptors (Lipinski definition) is 4. The van der Waals surface area contributed by atoms with Crippen LogP contribution in [0.3, 0.4) is 0 Å². The maximum atomic E-state index is 8.48. The molecule has 0 N–H and O–H groups in total. The summed E-state index contributed by atoms with van der Waals surface area (Å²) in [6.07, 6.45) is 0. The largest absolute Gasteiger partial charge is 0.361 e. The Labute approximate surface area is 75.7 Å². The second-order valence-electron chi connectivity index (χ2n) is 2.59. The van der Waals surface area contributed by atoms with Crippen molar-refractivity contribution in [3.05, 3.63) is 17.0 Å². The number of thioether (sulfide) groups is 1. The van der Waals surface area contributed by atoms with Crippen molar-refractivity contribution in [2.45, 2.75) is 26.0 Å². The molecule has 3 nitrogen and oxygen atoms in total. The number of aromatic nitrogens is 1. The first-order chi connectivity index (χ1) is 5.66. The number of aryl methyl sites for hydroxylation is 2. The van der Waals surface area contributed by atoms with Crippen molar-refractivity contribution in [1.82, 2.24) is 5.16 Å². The number of nitriles is 1. The molecule has 4 heteroatoms. The van der Waals surface area contributed by atoms with Gasteiger partial charge in [0.1, 0.15) is 11.2 Å². The smallest absolute Gasteiger partial charge is 0.138 e. The van der Waals surface area contributed by atoms with Crippen LogP contribution in [0.5, 0.6) is 0 Å². The Morgan fingerprint density at radius 2 is 2.25 bits per heavy atom. The average molecular weight is 182 g/mol. The normalized spacial score (nSPS) is 12.5. The van der Waals surface area contributed by atoms with Crippen LogP contribution >= 0.6 is 11.8 Å². The first kappa shape index (κ1) is 9.14. The van der Waals surface area contributed by atoms with E-state index in [4.69, 9.17) is 9.78 Å². The second-order valence-corrected chi connectivity index (χ2v) is 3.71. The van der Waals surface area contributed by atoms with Crippen LogP contribution in [0, 0.1) is 24.5 Å². The molecule has 0 aliphatic heterocycles. The van der Waals surface area contributed by atoms with E-state index in [2.05, 4.69) is 10.6 Å². The zero-order valence-corrected chi connectivity index (χ0v) is 8.10. The summed E-state index contributed by atoms with van der Waals surface area (Å²) in [5.41, 5.74) is 1.92. The minimum Gasteiger partial charge on any atom is -0.361 e. The van der Waals surface area contributed by atoms with Gasteiger partial charge in [-0.1, -0.05) is 5.16 Å². The third-order valence-electron chi connectivity index (χ3n) is 1.72. The molecule has 1 unspecified atom stereocenters. The molecule has 12 heavy (non-hydrogen) atoms. The molecule has 1 heterocycles. The zero-order chi connectivity index (χ0) is 9.14. The standard InChI is InChI=1S/C8H10N2OS/c1-5-8(6(2)11-10-5)7(3)12-4-9/h7H,1-3H3. The van der Waals surface area contributed by atoms with Crippen LogP contribution < -0.4 is 0 Å². The summed E-state index contributed by atoms with van der Waals surface area (Å²) in [6.45, 7) is 5.73. The van der Waals surface area contributed by atoms with Gasteiger partial charge in [-0.15, -0.1) is 0 Å². The molecule has 0 saturated carbocycles. The third kappa shape index (κ3) is 1.62. The summed E-state index contributed by atoms with van der Waals surface area (Å²) in [5, 5.41) is 14.5. The van der Waals surface area contributed by atoms with Gasteiger partial charge in [-0.2, -0.15) is 5.26 Å². The van der Waals surface area contributed by atoms with Gasteiger partial charge in [-0.3, -0.25) is 0 Å². The Morgan fingerprint density at radius 3 is 2.67 bits per heavy atom. The fourth-order valence-corrected chi connectivity index (χ4v) is 1.82. The molecule has 0 amide bonds. The lowest BCUT2D eigenvalue weighted by Crippen LogP contribution is -1.90. The Balaban J connectivity index is 2.94. The molecule has 64 valence electrons. The van der Waals surface area contributed by atoms with Crippen molar-refractivity contribution < 1.29 is 4.52 Å². The highest BCUT2D eigenvalue weighted by molar-refractivity contribution is 8.03. The molecule has 0 aliphatic rings. The van der Waals surface area contributed by atoms with Crippen molar-refractivity contribution in [2.24, 2.45) is 0 Å². The first-order valence-corrected chi connectivity index (χ1v) is 4.52. The summed E-state index contributed by atoms with van der Waals surface area (Å²) in [7, 11) is 0. The van der Waals surface area contributed by atoms with Gasteiger partial charge in [0.15, 0.2) is 0 Å². The molecular weight excluding hydrogens is 172 g/mol. The minimum absolute atomic E-state index is 0.140. The van der Waals surface area contributed by atoms with Crippen LogP contribution in [0.25, 0.3) is 0 Å². The number of thiocyanates is 1. The summed E-state index contributed by atoms with van der Waals surface area (Å²) in [6, 6.07) is 0. The lowest BCUT2D eigenvalue weighted by atomic mass is 10.1. The van der Waals surface area contributed by atoms with E-state index in [9.17, 15) is 0 Å². The molecule has 1 aromatic heterocycles. The molecule has 0 bridgehead atoms. The number of nitrogens with zero attached hydrogens (tertiary/aromatic N) is 2. The van der Waals surface area contributed by atoms with Crippen LogP contribution in [0.4, 0.5) is 0 Å². The van der Waals surface area contributed by atoms with Gasteiger partial charge in [-0.25, -0.2) is 0 Å². The van der Waals surface area contributed by atoms with Crippen LogP contribution in [-0.4, -0.2) is 5.16 Å². The molecule has 1 rings (SSSR count). The van der Waals surface area contributed by atoms with Crippen LogP contribution in [-0.2, 0) is 0 Å². The van der Waals surface area contributed by atoms with Crippen molar-refractivity contribution in [3.63, 3.8) is 0 Å². The maximum absolute atomic E-state index is 8.48. The quantitative estimate of drug-likeness (QED) is 0.659. The van der Waals surface area contributed by atoms with Gasteiger partial charge >= 0.3 is 0 Å². The molecule has 0 aromatic carbocycles. The van der Waals surface area contributed by atoms with E-state index >= 15 is 0 Å². The Morgan fingerprint density at radius 1 is 1.58 bits per heavy atom. The predicted molar refractivity (Wildman–Crippen MR) is 47.6 cm³/mol. The SMILES string of the molecule is Cc1noc(C)c1C(C)SC#N. The zero-order valence-electron chi connectivity index (χ0n) is 7.29. The van der Waals surface area contributed by atoms with E-state index in [0.717, 1.165) is 17.0 Å². The lowest BCUT2D eigenvalue weighted by Gasteiger charge is -2.03. The minimum atomic E-state index is 0.140. The van der Waals surface area contributed by atoms with Crippen LogP contribution in [0.1, 0.15) is 29.2 Å². The van der Waals surface area contributed by atoms with E-state index < -0.39 is 0 Å². The summed E-state index contributed by atoms with van der Waals surface area (Å²) in [4.78, 5) is 0. The molecule has 0 fully saturated rings. The number of rotatable bonds is 2. The van der Waals surface area contributed by atoms with Crippen molar-refractivity contribution in [2.75, 3.05) is 0 Å². The van der Waals surface area contributed by atoms with Gasteiger partial charge in [0.05, 0.1) is 5.69 Å². The van der Waals surface area contributed by atoms with Gasteiger partial charge in [0.25, 0.3) is 0 Å². The summed E-state index contributed by atoms with van der Waals surface area (Å²) < 4.78 is 4.99. The van der Waals surface area contributed by atoms with Gasteiger partial charge in [-0.05, 0) is 32.5 Å². The summed E-state index contributed by atoms with van der Waals surface area (Å²) >= 11 is 1.22. The van der Waals surface area contributed by atoms with Gasteiger partial charge in [0.2, 0.25) is 0 Å². The molecular formula is C8H10N2OS. The predicted octanol–water partition coefficient (Wildman–Crippen LogP) is 2.57. The number of hydrogen-bond donors (Lipinski definition) is 0. The lowest BCUT2D eigenvalue weighted by molar-refractivity contribution is 0.392. The Hall–Kier alpha value is -0.950. The molecule has 0 spiro atoms. The Bertz CT molecular complexity index is 294. The van der Waals surface area contributed by atoms with Crippen LogP contribution in [0.15, 0.2) is 4.52 Å². The average Bonchev–Trinajstić information content (AvgIpc) is 2.32. The fourth-order valence-electron chi connectivity index (χ4n) is 1.21. The molecule has 1 aromatic rings. The van der Waals surface area contributed by atoms with Crippen molar-refractivity contribution in [1.29, 1.82) is 5.26 Å². The van der Waals surface area contributed by atoms with Crippen molar-refractivity contribution in [3.8, 4) is 5.40 Å². The summed E-state index contributed by atoms with van der Waals surface area (Å²) in [5.74, 6) is 0.808. The molecule has 0 radical (unpaired) electrons. The second kappa shape index (κ2) is 3.63. The topological polar surface area (TPSA) is 49.8 Å². The van der Waals surface area contributed by atoms with Crippen molar-refractivity contribution >= 4 is 11.8 Å². The van der Waals surface area contributed by atoms with Crippen LogP contribution in [0.2, 0.25) is 0 Å². The van der Waals surface area contributed by atoms with E-state index in [1.165, 1.54) is 11.8 Å². The van der Waals surface area contributed by atoms with E-state index in [0.29, 0.717) is 0 Å². The van der Waals surface area contributed by atoms with Gasteiger partial charge < -0.3 is 4.52 Å². The monoisotopic (exact) mass is 182 g/mol. The molecule has 1 atom stereocenters. The fraction of sp³-hybridized carbons (Fsp3) is 0.500. The van der Waals surface area contributed by atoms with E-state index in [1.807, 2.05) is 20.8 Å². The Kier molecular flexibility index (Phi) is 2.77. The maximum Gasteiger partial charge on any atom is 0.138 e. The highest BCUT2D eigenvalue weighted by atomic mass is 32.2. The molecule has 0 saturated heterocycles.